The highest BCUT2D eigenvalue weighted by atomic mass is 32.1. The minimum atomic E-state index is -4.97. The molecule has 0 saturated carbocycles. The van der Waals surface area contributed by atoms with Crippen molar-refractivity contribution in [3.8, 4) is 0 Å². The van der Waals surface area contributed by atoms with Gasteiger partial charge in [-0.25, -0.2) is 10.2 Å². The number of halogens is 4. The van der Waals surface area contributed by atoms with Crippen LogP contribution in [0.1, 0.15) is 26.4 Å². The van der Waals surface area contributed by atoms with E-state index in [0.717, 1.165) is 16.5 Å². The lowest BCUT2D eigenvalue weighted by Gasteiger charge is -2.34. The van der Waals surface area contributed by atoms with Crippen LogP contribution in [-0.2, 0) is 6.18 Å². The Bertz CT molecular complexity index is 1340. The third kappa shape index (κ3) is 6.06. The number of aromatic nitrogens is 1. The van der Waals surface area contributed by atoms with Crippen molar-refractivity contribution in [1.29, 1.82) is 0 Å². The highest BCUT2D eigenvalue weighted by Gasteiger charge is 2.37. The van der Waals surface area contributed by atoms with Crippen LogP contribution in [0, 0.1) is 12.7 Å². The Balaban J connectivity index is 1.62. The number of alkyl halides is 3. The molecule has 0 spiro atoms. The summed E-state index contributed by atoms with van der Waals surface area (Å²) in [6, 6.07) is 6.56. The van der Waals surface area contributed by atoms with Crippen LogP contribution in [0.5, 0.6) is 0 Å². The van der Waals surface area contributed by atoms with E-state index in [4.69, 9.17) is 11.6 Å². The number of nitrogens with two attached hydrogens (primary N) is 2. The summed E-state index contributed by atoms with van der Waals surface area (Å²) in [5.41, 5.74) is 7.60. The molecule has 0 unspecified atom stereocenters. The number of nitrogens with zero attached hydrogens (tertiary/aromatic N) is 4. The Morgan fingerprint density at radius 1 is 1.18 bits per heavy atom. The second-order valence-corrected chi connectivity index (χ2v) is 9.84. The van der Waals surface area contributed by atoms with Crippen LogP contribution in [0.3, 0.4) is 0 Å². The second kappa shape index (κ2) is 11.0. The van der Waals surface area contributed by atoms with E-state index in [1.54, 1.807) is 36.8 Å². The molecule has 2 aromatic carbocycles. The molecule has 0 atom stereocenters. The van der Waals surface area contributed by atoms with E-state index in [2.05, 4.69) is 10.3 Å². The minimum Gasteiger partial charge on any atom is -0.396 e. The van der Waals surface area contributed by atoms with Crippen LogP contribution >= 0.6 is 11.3 Å². The monoisotopic (exact) mass is 549 g/mol. The summed E-state index contributed by atoms with van der Waals surface area (Å²) < 4.78 is 56.0. The number of hydrogen-bond acceptors (Lipinski definition) is 8. The summed E-state index contributed by atoms with van der Waals surface area (Å²) in [4.78, 5) is 21.3. The van der Waals surface area contributed by atoms with E-state index in [0.29, 0.717) is 43.6 Å². The average molecular weight is 550 g/mol. The van der Waals surface area contributed by atoms with E-state index in [9.17, 15) is 22.4 Å². The molecule has 1 aliphatic rings. The number of thiazole rings is 1. The van der Waals surface area contributed by atoms with Gasteiger partial charge in [0.1, 0.15) is 0 Å². The predicted molar refractivity (Wildman–Crippen MR) is 141 cm³/mol. The molecule has 3 aromatic rings. The maximum atomic E-state index is 15.0. The van der Waals surface area contributed by atoms with Crippen molar-refractivity contribution < 1.29 is 22.4 Å². The van der Waals surface area contributed by atoms with Crippen molar-refractivity contribution in [3.63, 3.8) is 0 Å². The molecule has 1 aliphatic heterocycles. The number of anilines is 3. The number of hydrazine groups is 1. The molecule has 13 heteroatoms. The van der Waals surface area contributed by atoms with Gasteiger partial charge in [-0.1, -0.05) is 6.07 Å². The number of rotatable bonds is 6. The highest BCUT2D eigenvalue weighted by molar-refractivity contribution is 7.10. The van der Waals surface area contributed by atoms with Crippen molar-refractivity contribution in [1.82, 2.24) is 9.88 Å². The van der Waals surface area contributed by atoms with E-state index in [1.165, 1.54) is 27.4 Å². The van der Waals surface area contributed by atoms with Crippen molar-refractivity contribution in [2.24, 2.45) is 11.6 Å². The lowest BCUT2D eigenvalue weighted by Crippen LogP contribution is -2.45. The SMILES string of the molecule is Cc1ccc(NC(=O)c2cc(N3CCN(C)CC3)c(F)c(C(F)(F)F)c2)cc1N(N)/C=C(\N)c1cncs1. The zero-order valence-corrected chi connectivity index (χ0v) is 21.5. The number of hydrogen-bond donors (Lipinski definition) is 3. The van der Waals surface area contributed by atoms with Crippen LogP contribution in [0.25, 0.3) is 5.70 Å². The van der Waals surface area contributed by atoms with Crippen LogP contribution in [0.4, 0.5) is 34.6 Å². The molecule has 0 aliphatic carbocycles. The van der Waals surface area contributed by atoms with Crippen LogP contribution < -0.4 is 26.8 Å². The van der Waals surface area contributed by atoms with Gasteiger partial charge in [-0.05, 0) is 43.8 Å². The van der Waals surface area contributed by atoms with E-state index in [1.807, 2.05) is 11.9 Å². The van der Waals surface area contributed by atoms with E-state index >= 15 is 0 Å². The van der Waals surface area contributed by atoms with E-state index in [-0.39, 0.29) is 16.9 Å². The molecule has 1 saturated heterocycles. The van der Waals surface area contributed by atoms with Crippen molar-refractivity contribution in [2.45, 2.75) is 13.1 Å². The van der Waals surface area contributed by atoms with Gasteiger partial charge >= 0.3 is 6.18 Å². The van der Waals surface area contributed by atoms with Crippen LogP contribution in [-0.4, -0.2) is 49.0 Å². The fraction of sp³-hybridized carbons (Fsp3) is 0.280. The fourth-order valence-electron chi connectivity index (χ4n) is 4.03. The lowest BCUT2D eigenvalue weighted by molar-refractivity contribution is -0.139. The first-order chi connectivity index (χ1) is 17.9. The molecule has 0 radical (unpaired) electrons. The molecule has 5 N–H and O–H groups in total. The van der Waals surface area contributed by atoms with Crippen molar-refractivity contribution in [2.75, 3.05) is 48.5 Å². The smallest absolute Gasteiger partial charge is 0.396 e. The molecule has 1 fully saturated rings. The number of likely N-dealkylation sites (N-methyl/N-ethyl adjacent to an activating group) is 1. The topological polar surface area (TPSA) is 104 Å². The number of piperazine rings is 1. The Labute approximate surface area is 221 Å². The normalized spacial score (nSPS) is 15.0. The highest BCUT2D eigenvalue weighted by Crippen LogP contribution is 2.37. The lowest BCUT2D eigenvalue weighted by atomic mass is 10.1. The number of nitrogens with one attached hydrogen (secondary N) is 1. The maximum Gasteiger partial charge on any atom is 0.419 e. The fourth-order valence-corrected chi connectivity index (χ4v) is 4.58. The molecule has 0 bridgehead atoms. The van der Waals surface area contributed by atoms with Crippen LogP contribution in [0.15, 0.2) is 48.2 Å². The summed E-state index contributed by atoms with van der Waals surface area (Å²) >= 11 is 1.34. The largest absolute Gasteiger partial charge is 0.419 e. The van der Waals surface area contributed by atoms with Crippen molar-refractivity contribution in [3.05, 3.63) is 75.6 Å². The molecule has 2 heterocycles. The predicted octanol–water partition coefficient (Wildman–Crippen LogP) is 4.25. The molecule has 4 rings (SSSR count). The molecule has 1 aromatic heterocycles. The maximum absolute atomic E-state index is 15.0. The molecule has 1 amide bonds. The van der Waals surface area contributed by atoms with Gasteiger partial charge < -0.3 is 20.9 Å². The molecular formula is C25H27F4N7OS. The molecular weight excluding hydrogens is 522 g/mol. The summed E-state index contributed by atoms with van der Waals surface area (Å²) in [5, 5.41) is 3.88. The first-order valence-electron chi connectivity index (χ1n) is 11.6. The van der Waals surface area contributed by atoms with E-state index < -0.39 is 23.5 Å². The van der Waals surface area contributed by atoms with Crippen molar-refractivity contribution >= 4 is 40.0 Å². The minimum absolute atomic E-state index is 0.250. The van der Waals surface area contributed by atoms with Gasteiger partial charge in [0.2, 0.25) is 0 Å². The Morgan fingerprint density at radius 3 is 2.53 bits per heavy atom. The zero-order chi connectivity index (χ0) is 27.6. The van der Waals surface area contributed by atoms with Gasteiger partial charge in [0.15, 0.2) is 5.82 Å². The zero-order valence-electron chi connectivity index (χ0n) is 20.7. The van der Waals surface area contributed by atoms with Gasteiger partial charge in [-0.2, -0.15) is 13.2 Å². The van der Waals surface area contributed by atoms with Crippen LogP contribution in [0.2, 0.25) is 0 Å². The third-order valence-electron chi connectivity index (χ3n) is 6.21. The third-order valence-corrected chi connectivity index (χ3v) is 7.03. The van der Waals surface area contributed by atoms with Gasteiger partial charge in [-0.3, -0.25) is 14.8 Å². The Morgan fingerprint density at radius 2 is 1.89 bits per heavy atom. The second-order valence-electron chi connectivity index (χ2n) is 8.96. The number of carbonyl (C=O) groups is 1. The first-order valence-corrected chi connectivity index (χ1v) is 12.5. The molecule has 202 valence electrons. The number of carbonyl (C=O) groups excluding carboxylic acids is 1. The summed E-state index contributed by atoms with van der Waals surface area (Å²) in [6.07, 6.45) is -1.87. The van der Waals surface area contributed by atoms with Gasteiger partial charge in [0, 0.05) is 49.8 Å². The number of aryl methyl sites for hydroxylation is 1. The van der Waals surface area contributed by atoms with Gasteiger partial charge in [0.25, 0.3) is 5.91 Å². The summed E-state index contributed by atoms with van der Waals surface area (Å²) in [7, 11) is 1.88. The Kier molecular flexibility index (Phi) is 7.90. The average Bonchev–Trinajstić information content (AvgIpc) is 3.40. The number of benzene rings is 2. The summed E-state index contributed by atoms with van der Waals surface area (Å²) in [6.45, 7) is 3.58. The molecule has 8 nitrogen and oxygen atoms in total. The summed E-state index contributed by atoms with van der Waals surface area (Å²) in [5.74, 6) is 3.98. The standard InChI is InChI=1S/C25H27F4N7OS/c1-15-3-4-17(11-20(15)36(31)13-19(30)22-12-32-14-38-22)33-24(37)16-9-18(25(27,28)29)23(26)21(10-16)35-7-5-34(2)6-8-35/h3-4,9-14H,5-8,30-31H2,1-2H3,(H,33,37)/b19-13-. The first kappa shape index (κ1) is 27.4. The molecule has 38 heavy (non-hydrogen) atoms. The quantitative estimate of drug-likeness (QED) is 0.240. The van der Waals surface area contributed by atoms with Gasteiger partial charge in [0.05, 0.1) is 33.0 Å². The Hall–Kier alpha value is -3.68. The number of amides is 1. The van der Waals surface area contributed by atoms with Gasteiger partial charge in [-0.15, -0.1) is 11.3 Å².